The summed E-state index contributed by atoms with van der Waals surface area (Å²) in [5, 5.41) is 3.01. The molecule has 1 amide bonds. The van der Waals surface area contributed by atoms with Gasteiger partial charge in [-0.25, -0.2) is 9.38 Å². The van der Waals surface area contributed by atoms with Crippen molar-refractivity contribution in [2.24, 2.45) is 4.99 Å². The van der Waals surface area contributed by atoms with Gasteiger partial charge < -0.3 is 14.6 Å². The predicted octanol–water partition coefficient (Wildman–Crippen LogP) is 6.47. The van der Waals surface area contributed by atoms with E-state index in [9.17, 15) is 14.0 Å². The number of para-hydroxylation sites is 1. The van der Waals surface area contributed by atoms with Crippen molar-refractivity contribution in [3.8, 4) is 11.4 Å². The lowest BCUT2D eigenvalue weighted by molar-refractivity contribution is -0.113. The molecule has 5 aromatic rings. The van der Waals surface area contributed by atoms with Crippen molar-refractivity contribution in [2.75, 3.05) is 11.9 Å². The number of thiazole rings is 1. The Bertz CT molecular complexity index is 2150. The van der Waals surface area contributed by atoms with Crippen LogP contribution in [0.25, 0.3) is 11.8 Å². The monoisotopic (exact) mass is 640 g/mol. The number of aromatic nitrogens is 2. The van der Waals surface area contributed by atoms with Crippen LogP contribution < -0.4 is 24.9 Å². The molecule has 0 bridgehead atoms. The first-order valence-corrected chi connectivity index (χ1v) is 15.6. The standard InChI is InChI=1S/C35H30ClFN4O3S/c1-5-44-27-14-11-23(12-15-27)32-31(33(42)39-25-9-7-6-8-10-25)21(3)38-35-41(32)34(43)30(45-35)18-24-17-20(2)40(22(24)4)26-13-16-29(37)28(36)19-26/h6-19,32H,5H2,1-4H3,(H,39,42)/b30-18+/t32-/m1/s1. The molecule has 10 heteroatoms. The molecule has 0 saturated heterocycles. The molecule has 1 atom stereocenters. The van der Waals surface area contributed by atoms with Gasteiger partial charge in [-0.15, -0.1) is 0 Å². The molecule has 3 aromatic carbocycles. The number of rotatable bonds is 7. The summed E-state index contributed by atoms with van der Waals surface area (Å²) in [5.41, 5.74) is 5.36. The molecule has 6 rings (SSSR count). The van der Waals surface area contributed by atoms with Gasteiger partial charge in [0.2, 0.25) is 0 Å². The Hall–Kier alpha value is -4.73. The number of halogens is 2. The van der Waals surface area contributed by atoms with E-state index in [-0.39, 0.29) is 16.5 Å². The zero-order valence-corrected chi connectivity index (χ0v) is 26.7. The van der Waals surface area contributed by atoms with Crippen LogP contribution in [0, 0.1) is 19.7 Å². The molecule has 0 aliphatic carbocycles. The van der Waals surface area contributed by atoms with Crippen LogP contribution in [-0.4, -0.2) is 21.6 Å². The number of allylic oxidation sites excluding steroid dienone is 1. The van der Waals surface area contributed by atoms with Crippen molar-refractivity contribution in [3.63, 3.8) is 0 Å². The third-order valence-electron chi connectivity index (χ3n) is 7.72. The number of nitrogens with zero attached hydrogens (tertiary/aromatic N) is 3. The minimum absolute atomic E-state index is 0.0339. The van der Waals surface area contributed by atoms with Crippen LogP contribution in [0.5, 0.6) is 5.75 Å². The first kappa shape index (κ1) is 30.3. The molecule has 3 heterocycles. The Morgan fingerprint density at radius 2 is 1.80 bits per heavy atom. The van der Waals surface area contributed by atoms with Gasteiger partial charge in [0.15, 0.2) is 4.80 Å². The van der Waals surface area contributed by atoms with Gasteiger partial charge in [-0.3, -0.25) is 14.2 Å². The van der Waals surface area contributed by atoms with Crippen LogP contribution >= 0.6 is 22.9 Å². The second-order valence-corrected chi connectivity index (χ2v) is 12.1. The van der Waals surface area contributed by atoms with Crippen LogP contribution in [0.4, 0.5) is 10.1 Å². The summed E-state index contributed by atoms with van der Waals surface area (Å²) in [6.45, 7) is 8.10. The van der Waals surface area contributed by atoms with Crippen molar-refractivity contribution in [1.29, 1.82) is 0 Å². The van der Waals surface area contributed by atoms with E-state index >= 15 is 0 Å². The second-order valence-electron chi connectivity index (χ2n) is 10.7. The molecule has 7 nitrogen and oxygen atoms in total. The molecule has 0 fully saturated rings. The maximum atomic E-state index is 14.2. The molecule has 0 radical (unpaired) electrons. The molecule has 0 spiro atoms. The number of carbonyl (C=O) groups excluding carboxylic acids is 1. The first-order valence-electron chi connectivity index (χ1n) is 14.4. The van der Waals surface area contributed by atoms with Gasteiger partial charge in [-0.2, -0.15) is 0 Å². The lowest BCUT2D eigenvalue weighted by Gasteiger charge is -2.25. The largest absolute Gasteiger partial charge is 0.494 e. The summed E-state index contributed by atoms with van der Waals surface area (Å²) >= 11 is 7.34. The summed E-state index contributed by atoms with van der Waals surface area (Å²) in [5.74, 6) is -0.127. The molecule has 45 heavy (non-hydrogen) atoms. The number of carbonyl (C=O) groups is 1. The number of benzene rings is 3. The number of hydrogen-bond acceptors (Lipinski definition) is 5. The fourth-order valence-corrected chi connectivity index (χ4v) is 6.87. The fourth-order valence-electron chi connectivity index (χ4n) is 5.66. The molecule has 1 aliphatic heterocycles. The fraction of sp³-hybridized carbons (Fsp3) is 0.171. The first-order chi connectivity index (χ1) is 21.7. The van der Waals surface area contributed by atoms with Gasteiger partial charge >= 0.3 is 0 Å². The van der Waals surface area contributed by atoms with E-state index in [1.165, 1.54) is 17.4 Å². The average molecular weight is 641 g/mol. The highest BCUT2D eigenvalue weighted by atomic mass is 35.5. The van der Waals surface area contributed by atoms with Crippen molar-refractivity contribution >= 4 is 40.6 Å². The van der Waals surface area contributed by atoms with Gasteiger partial charge in [-0.05, 0) is 93.4 Å². The normalized spacial score (nSPS) is 14.7. The number of anilines is 1. The molecule has 0 unspecified atom stereocenters. The summed E-state index contributed by atoms with van der Waals surface area (Å²) in [4.78, 5) is 33.2. The summed E-state index contributed by atoms with van der Waals surface area (Å²) in [7, 11) is 0. The maximum absolute atomic E-state index is 14.2. The van der Waals surface area contributed by atoms with Crippen molar-refractivity contribution in [1.82, 2.24) is 9.13 Å². The quantitative estimate of drug-likeness (QED) is 0.221. The highest BCUT2D eigenvalue weighted by molar-refractivity contribution is 7.07. The van der Waals surface area contributed by atoms with E-state index in [1.807, 2.05) is 92.1 Å². The van der Waals surface area contributed by atoms with E-state index < -0.39 is 11.9 Å². The van der Waals surface area contributed by atoms with Gasteiger partial charge in [0, 0.05) is 22.8 Å². The maximum Gasteiger partial charge on any atom is 0.271 e. The number of nitrogens with one attached hydrogen (secondary N) is 1. The molecule has 0 saturated carbocycles. The number of ether oxygens (including phenoxy) is 1. The highest BCUT2D eigenvalue weighted by Crippen LogP contribution is 2.32. The van der Waals surface area contributed by atoms with Crippen LogP contribution in [0.1, 0.15) is 42.4 Å². The van der Waals surface area contributed by atoms with E-state index in [0.717, 1.165) is 28.2 Å². The van der Waals surface area contributed by atoms with Crippen LogP contribution in [0.3, 0.4) is 0 Å². The third-order valence-corrected chi connectivity index (χ3v) is 9.00. The predicted molar refractivity (Wildman–Crippen MR) is 177 cm³/mol. The lowest BCUT2D eigenvalue weighted by atomic mass is 9.95. The van der Waals surface area contributed by atoms with E-state index in [0.29, 0.717) is 38.6 Å². The summed E-state index contributed by atoms with van der Waals surface area (Å²) in [6.07, 6.45) is 1.84. The molecule has 228 valence electrons. The van der Waals surface area contributed by atoms with Gasteiger partial charge in [-0.1, -0.05) is 53.3 Å². The Morgan fingerprint density at radius 3 is 2.49 bits per heavy atom. The smallest absolute Gasteiger partial charge is 0.271 e. The van der Waals surface area contributed by atoms with Crippen molar-refractivity contribution in [3.05, 3.63) is 143 Å². The molecule has 1 aliphatic rings. The van der Waals surface area contributed by atoms with Gasteiger partial charge in [0.25, 0.3) is 11.5 Å². The van der Waals surface area contributed by atoms with Crippen LogP contribution in [0.2, 0.25) is 5.02 Å². The Morgan fingerprint density at radius 1 is 1.07 bits per heavy atom. The minimum Gasteiger partial charge on any atom is -0.494 e. The van der Waals surface area contributed by atoms with Crippen LogP contribution in [-0.2, 0) is 4.79 Å². The minimum atomic E-state index is -0.712. The molecular weight excluding hydrogens is 611 g/mol. The number of aryl methyl sites for hydroxylation is 1. The zero-order chi connectivity index (χ0) is 31.8. The Balaban J connectivity index is 1.48. The van der Waals surface area contributed by atoms with E-state index in [1.54, 1.807) is 23.6 Å². The van der Waals surface area contributed by atoms with Gasteiger partial charge in [0.05, 0.1) is 33.5 Å². The number of amides is 1. The van der Waals surface area contributed by atoms with Crippen molar-refractivity contribution < 1.29 is 13.9 Å². The summed E-state index contributed by atoms with van der Waals surface area (Å²) in [6, 6.07) is 22.5. The number of hydrogen-bond donors (Lipinski definition) is 1. The molecule has 1 N–H and O–H groups in total. The highest BCUT2D eigenvalue weighted by Gasteiger charge is 2.32. The molecule has 2 aromatic heterocycles. The Labute approximate surface area is 268 Å². The Kier molecular flexibility index (Phi) is 8.31. The second kappa shape index (κ2) is 12.3. The number of fused-ring (bicyclic) bond motifs is 1. The van der Waals surface area contributed by atoms with Gasteiger partial charge in [0.1, 0.15) is 11.6 Å². The van der Waals surface area contributed by atoms with E-state index in [2.05, 4.69) is 5.32 Å². The third kappa shape index (κ3) is 5.77. The van der Waals surface area contributed by atoms with Crippen molar-refractivity contribution in [2.45, 2.75) is 33.7 Å². The summed E-state index contributed by atoms with van der Waals surface area (Å²) < 4.78 is 23.5. The average Bonchev–Trinajstić information content (AvgIpc) is 3.48. The lowest BCUT2D eigenvalue weighted by Crippen LogP contribution is -2.40. The SMILES string of the molecule is CCOc1ccc([C@@H]2C(C(=O)Nc3ccccc3)=C(C)N=c3s/c(=C/c4cc(C)n(-c5ccc(F)c(Cl)c5)c4C)c(=O)n32)cc1. The van der Waals surface area contributed by atoms with Crippen LogP contribution in [0.15, 0.2) is 99.9 Å². The zero-order valence-electron chi connectivity index (χ0n) is 25.1. The molecular formula is C35H30ClFN4O3S. The topological polar surface area (TPSA) is 77.6 Å². The van der Waals surface area contributed by atoms with E-state index in [4.69, 9.17) is 21.3 Å².